The van der Waals surface area contributed by atoms with E-state index in [4.69, 9.17) is 16.3 Å². The van der Waals surface area contributed by atoms with Crippen molar-refractivity contribution in [3.8, 4) is 5.75 Å². The van der Waals surface area contributed by atoms with Crippen molar-refractivity contribution in [2.24, 2.45) is 5.16 Å². The molecule has 1 aromatic carbocycles. The summed E-state index contributed by atoms with van der Waals surface area (Å²) in [5, 5.41) is 3.92. The van der Waals surface area contributed by atoms with Crippen LogP contribution in [0.3, 0.4) is 0 Å². The monoisotopic (exact) mass is 199 g/mol. The van der Waals surface area contributed by atoms with E-state index in [1.165, 1.54) is 7.11 Å². The molecule has 0 spiro atoms. The molecule has 0 aliphatic carbocycles. The first-order valence-corrected chi connectivity index (χ1v) is 4.07. The summed E-state index contributed by atoms with van der Waals surface area (Å²) in [4.78, 5) is 4.54. The van der Waals surface area contributed by atoms with E-state index in [9.17, 15) is 0 Å². The highest BCUT2D eigenvalue weighted by Gasteiger charge is 1.99. The largest absolute Gasteiger partial charge is 0.497 e. The minimum absolute atomic E-state index is 0.324. The maximum Gasteiger partial charge on any atom is 0.175 e. The second-order valence-electron chi connectivity index (χ2n) is 2.29. The fourth-order valence-electron chi connectivity index (χ4n) is 0.861. The lowest BCUT2D eigenvalue weighted by Crippen LogP contribution is -1.92. The molecule has 0 atom stereocenters. The Labute approximate surface area is 81.9 Å². The van der Waals surface area contributed by atoms with E-state index in [1.54, 1.807) is 7.11 Å². The normalized spacial score (nSPS) is 11.2. The van der Waals surface area contributed by atoms with Crippen molar-refractivity contribution in [3.63, 3.8) is 0 Å². The van der Waals surface area contributed by atoms with Gasteiger partial charge in [-0.15, -0.1) is 0 Å². The molecular weight excluding hydrogens is 190 g/mol. The highest BCUT2D eigenvalue weighted by atomic mass is 35.5. The van der Waals surface area contributed by atoms with E-state index in [0.29, 0.717) is 5.17 Å². The number of ether oxygens (including phenoxy) is 1. The van der Waals surface area contributed by atoms with Gasteiger partial charge in [0.1, 0.15) is 12.9 Å². The smallest absolute Gasteiger partial charge is 0.175 e. The van der Waals surface area contributed by atoms with Crippen LogP contribution in [0, 0.1) is 0 Å². The predicted octanol–water partition coefficient (Wildman–Crippen LogP) is 2.24. The molecule has 0 fully saturated rings. The van der Waals surface area contributed by atoms with Gasteiger partial charge in [0.25, 0.3) is 0 Å². The van der Waals surface area contributed by atoms with Gasteiger partial charge < -0.3 is 9.57 Å². The zero-order valence-corrected chi connectivity index (χ0v) is 8.21. The molecule has 0 saturated heterocycles. The van der Waals surface area contributed by atoms with Crippen LogP contribution in [0.15, 0.2) is 29.4 Å². The van der Waals surface area contributed by atoms with Crippen molar-refractivity contribution in [2.75, 3.05) is 14.2 Å². The zero-order valence-electron chi connectivity index (χ0n) is 7.45. The van der Waals surface area contributed by atoms with Gasteiger partial charge >= 0.3 is 0 Å². The van der Waals surface area contributed by atoms with Gasteiger partial charge in [0.2, 0.25) is 0 Å². The third-order valence-electron chi connectivity index (χ3n) is 1.50. The number of halogens is 1. The van der Waals surface area contributed by atoms with E-state index in [-0.39, 0.29) is 0 Å². The molecule has 0 N–H and O–H groups in total. The number of methoxy groups -OCH3 is 1. The van der Waals surface area contributed by atoms with E-state index in [0.717, 1.165) is 11.3 Å². The summed E-state index contributed by atoms with van der Waals surface area (Å²) in [6.07, 6.45) is 0. The summed E-state index contributed by atoms with van der Waals surface area (Å²) in [5.41, 5.74) is 0.796. The molecule has 4 heteroatoms. The van der Waals surface area contributed by atoms with Gasteiger partial charge in [-0.1, -0.05) is 16.8 Å². The number of rotatable bonds is 3. The Morgan fingerprint density at radius 3 is 2.31 bits per heavy atom. The van der Waals surface area contributed by atoms with Gasteiger partial charge in [-0.05, 0) is 24.3 Å². The van der Waals surface area contributed by atoms with E-state index in [2.05, 4.69) is 9.99 Å². The van der Waals surface area contributed by atoms with Gasteiger partial charge in [-0.25, -0.2) is 0 Å². The third kappa shape index (κ3) is 2.63. The van der Waals surface area contributed by atoms with Crippen LogP contribution in [0.4, 0.5) is 0 Å². The average Bonchev–Trinajstić information content (AvgIpc) is 2.18. The predicted molar refractivity (Wildman–Crippen MR) is 52.4 cm³/mol. The zero-order chi connectivity index (χ0) is 9.68. The maximum absolute atomic E-state index is 5.79. The minimum atomic E-state index is 0.324. The fraction of sp³-hybridized carbons (Fsp3) is 0.222. The van der Waals surface area contributed by atoms with Crippen LogP contribution in [0.5, 0.6) is 5.75 Å². The minimum Gasteiger partial charge on any atom is -0.497 e. The summed E-state index contributed by atoms with van der Waals surface area (Å²) in [7, 11) is 3.06. The van der Waals surface area contributed by atoms with Gasteiger partial charge in [-0.3, -0.25) is 0 Å². The Kier molecular flexibility index (Phi) is 3.58. The van der Waals surface area contributed by atoms with Crippen LogP contribution >= 0.6 is 11.6 Å². The van der Waals surface area contributed by atoms with Crippen molar-refractivity contribution in [1.29, 1.82) is 0 Å². The molecule has 70 valence electrons. The van der Waals surface area contributed by atoms with Gasteiger partial charge in [0.05, 0.1) is 7.11 Å². The molecule has 1 aromatic rings. The first-order valence-electron chi connectivity index (χ1n) is 3.69. The fourth-order valence-corrected chi connectivity index (χ4v) is 1.06. The van der Waals surface area contributed by atoms with Crippen LogP contribution < -0.4 is 4.74 Å². The summed E-state index contributed by atoms with van der Waals surface area (Å²) in [5.74, 6) is 0.783. The Morgan fingerprint density at radius 2 is 1.85 bits per heavy atom. The molecule has 0 heterocycles. The van der Waals surface area contributed by atoms with E-state index >= 15 is 0 Å². The Bertz CT molecular complexity index is 295. The number of hydrogen-bond acceptors (Lipinski definition) is 3. The van der Waals surface area contributed by atoms with Crippen molar-refractivity contribution in [1.82, 2.24) is 0 Å². The van der Waals surface area contributed by atoms with Crippen LogP contribution in [0.2, 0.25) is 0 Å². The molecular formula is C9H10ClNO2. The standard InChI is InChI=1S/C9H10ClNO2/c1-12-8-5-3-7(4-6-8)9(10)11-13-2/h3-6H,1-2H3/b11-9+. The molecule has 0 aliphatic rings. The molecule has 0 radical (unpaired) electrons. The molecule has 0 unspecified atom stereocenters. The van der Waals surface area contributed by atoms with Crippen molar-refractivity contribution in [2.45, 2.75) is 0 Å². The number of nitrogens with zero attached hydrogens (tertiary/aromatic N) is 1. The van der Waals surface area contributed by atoms with E-state index < -0.39 is 0 Å². The lowest BCUT2D eigenvalue weighted by molar-refractivity contribution is 0.214. The molecule has 0 aliphatic heterocycles. The number of benzene rings is 1. The van der Waals surface area contributed by atoms with E-state index in [1.807, 2.05) is 24.3 Å². The quantitative estimate of drug-likeness (QED) is 0.552. The van der Waals surface area contributed by atoms with Gasteiger partial charge in [0.15, 0.2) is 5.17 Å². The second-order valence-corrected chi connectivity index (χ2v) is 2.65. The Morgan fingerprint density at radius 1 is 1.23 bits per heavy atom. The first kappa shape index (κ1) is 9.86. The molecule has 3 nitrogen and oxygen atoms in total. The van der Waals surface area contributed by atoms with Crippen molar-refractivity contribution in [3.05, 3.63) is 29.8 Å². The highest BCUT2D eigenvalue weighted by molar-refractivity contribution is 6.69. The second kappa shape index (κ2) is 4.72. The molecule has 0 bridgehead atoms. The SMILES string of the molecule is CO/N=C(/Cl)c1ccc(OC)cc1. The average molecular weight is 200 g/mol. The molecule has 0 amide bonds. The Hall–Kier alpha value is -1.22. The Balaban J connectivity index is 2.85. The third-order valence-corrected chi connectivity index (χ3v) is 1.79. The summed E-state index contributed by atoms with van der Waals surface area (Å²) >= 11 is 5.79. The maximum atomic E-state index is 5.79. The van der Waals surface area contributed by atoms with Crippen LogP contribution in [0.1, 0.15) is 5.56 Å². The van der Waals surface area contributed by atoms with Gasteiger partial charge in [-0.2, -0.15) is 0 Å². The summed E-state index contributed by atoms with van der Waals surface area (Å²) in [6.45, 7) is 0. The van der Waals surface area contributed by atoms with Crippen molar-refractivity contribution >= 4 is 16.8 Å². The first-order chi connectivity index (χ1) is 6.27. The lowest BCUT2D eigenvalue weighted by Gasteiger charge is -2.00. The molecule has 0 aromatic heterocycles. The van der Waals surface area contributed by atoms with Crippen LogP contribution in [0.25, 0.3) is 0 Å². The van der Waals surface area contributed by atoms with Crippen LogP contribution in [-0.2, 0) is 4.84 Å². The lowest BCUT2D eigenvalue weighted by atomic mass is 10.2. The summed E-state index contributed by atoms with van der Waals surface area (Å²) in [6, 6.07) is 7.24. The number of hydrogen-bond donors (Lipinski definition) is 0. The molecule has 13 heavy (non-hydrogen) atoms. The van der Waals surface area contributed by atoms with Gasteiger partial charge in [0, 0.05) is 5.56 Å². The van der Waals surface area contributed by atoms with Crippen LogP contribution in [-0.4, -0.2) is 19.4 Å². The van der Waals surface area contributed by atoms with Crippen molar-refractivity contribution < 1.29 is 9.57 Å². The highest BCUT2D eigenvalue weighted by Crippen LogP contribution is 2.13. The topological polar surface area (TPSA) is 30.8 Å². The molecule has 1 rings (SSSR count). The summed E-state index contributed by atoms with van der Waals surface area (Å²) < 4.78 is 4.99. The molecule has 0 saturated carbocycles. The number of oxime groups is 1.